The van der Waals surface area contributed by atoms with Gasteiger partial charge in [-0.15, -0.1) is 0 Å². The van der Waals surface area contributed by atoms with Gasteiger partial charge in [0.15, 0.2) is 0 Å². The monoisotopic (exact) mass is 245 g/mol. The average molecular weight is 245 g/mol. The van der Waals surface area contributed by atoms with Gasteiger partial charge in [0.05, 0.1) is 0 Å². The molecule has 1 unspecified atom stereocenters. The Morgan fingerprint density at radius 3 is 2.94 bits per heavy atom. The van der Waals surface area contributed by atoms with E-state index in [4.69, 9.17) is 4.74 Å². The van der Waals surface area contributed by atoms with Crippen molar-refractivity contribution in [3.05, 3.63) is 29.3 Å². The molecule has 1 atom stereocenters. The lowest BCUT2D eigenvalue weighted by molar-refractivity contribution is -0.124. The van der Waals surface area contributed by atoms with Crippen LogP contribution in [0.4, 0.5) is 5.69 Å². The number of aryl methyl sites for hydroxylation is 1. The lowest BCUT2D eigenvalue weighted by Gasteiger charge is -2.20. The van der Waals surface area contributed by atoms with Crippen LogP contribution >= 0.6 is 0 Å². The number of carbonyl (C=O) groups is 1. The maximum atomic E-state index is 12.1. The van der Waals surface area contributed by atoms with E-state index in [1.54, 1.807) is 0 Å². The standard InChI is InChI=1S/C15H19NO2/c17-15(14-9-4-10-18-14)16-13-8-3-6-11-5-1-2-7-12(11)13/h3,6,8,14H,1-2,4-5,7,9-10H2,(H,16,17). The predicted octanol–water partition coefficient (Wildman–Crippen LogP) is 2.68. The molecule has 3 rings (SSSR count). The van der Waals surface area contributed by atoms with Gasteiger partial charge >= 0.3 is 0 Å². The van der Waals surface area contributed by atoms with Crippen LogP contribution < -0.4 is 5.32 Å². The molecule has 96 valence electrons. The zero-order valence-electron chi connectivity index (χ0n) is 10.6. The van der Waals surface area contributed by atoms with Gasteiger partial charge in [-0.3, -0.25) is 4.79 Å². The first-order chi connectivity index (χ1) is 8.84. The van der Waals surface area contributed by atoms with E-state index in [1.807, 2.05) is 12.1 Å². The van der Waals surface area contributed by atoms with Gasteiger partial charge in [-0.25, -0.2) is 0 Å². The van der Waals surface area contributed by atoms with Crippen LogP contribution in [-0.2, 0) is 22.4 Å². The quantitative estimate of drug-likeness (QED) is 0.870. The zero-order valence-corrected chi connectivity index (χ0v) is 10.6. The van der Waals surface area contributed by atoms with Gasteiger partial charge in [-0.05, 0) is 55.7 Å². The third-order valence-corrected chi connectivity index (χ3v) is 3.88. The van der Waals surface area contributed by atoms with E-state index in [1.165, 1.54) is 24.0 Å². The number of nitrogens with one attached hydrogen (secondary N) is 1. The number of anilines is 1. The van der Waals surface area contributed by atoms with Gasteiger partial charge in [0.25, 0.3) is 5.91 Å². The highest BCUT2D eigenvalue weighted by atomic mass is 16.5. The van der Waals surface area contributed by atoms with E-state index in [-0.39, 0.29) is 12.0 Å². The summed E-state index contributed by atoms with van der Waals surface area (Å²) in [6.07, 6.45) is 6.29. The first-order valence-corrected chi connectivity index (χ1v) is 6.88. The second-order valence-corrected chi connectivity index (χ2v) is 5.14. The Morgan fingerprint density at radius 2 is 2.11 bits per heavy atom. The Kier molecular flexibility index (Phi) is 3.33. The summed E-state index contributed by atoms with van der Waals surface area (Å²) in [5.41, 5.74) is 3.72. The molecule has 2 aliphatic rings. The maximum absolute atomic E-state index is 12.1. The highest BCUT2D eigenvalue weighted by Gasteiger charge is 2.24. The van der Waals surface area contributed by atoms with Crippen molar-refractivity contribution in [3.8, 4) is 0 Å². The van der Waals surface area contributed by atoms with E-state index in [0.717, 1.165) is 31.4 Å². The largest absolute Gasteiger partial charge is 0.368 e. The number of rotatable bonds is 2. The summed E-state index contributed by atoms with van der Waals surface area (Å²) in [5, 5.41) is 3.05. The molecule has 1 aromatic rings. The molecule has 18 heavy (non-hydrogen) atoms. The van der Waals surface area contributed by atoms with Crippen LogP contribution in [0, 0.1) is 0 Å². The minimum absolute atomic E-state index is 0.0199. The Labute approximate surface area is 108 Å². The van der Waals surface area contributed by atoms with Crippen molar-refractivity contribution in [3.63, 3.8) is 0 Å². The third-order valence-electron chi connectivity index (χ3n) is 3.88. The number of ether oxygens (including phenoxy) is 1. The molecule has 1 aromatic carbocycles. The van der Waals surface area contributed by atoms with Crippen molar-refractivity contribution in [2.75, 3.05) is 11.9 Å². The molecule has 1 aliphatic heterocycles. The molecule has 3 nitrogen and oxygen atoms in total. The Hall–Kier alpha value is -1.35. The van der Waals surface area contributed by atoms with E-state index in [0.29, 0.717) is 6.61 Å². The summed E-state index contributed by atoms with van der Waals surface area (Å²) in [5.74, 6) is 0.0199. The van der Waals surface area contributed by atoms with Crippen LogP contribution in [0.25, 0.3) is 0 Å². The molecule has 0 spiro atoms. The highest BCUT2D eigenvalue weighted by Crippen LogP contribution is 2.28. The third kappa shape index (κ3) is 2.27. The van der Waals surface area contributed by atoms with Crippen molar-refractivity contribution in [1.82, 2.24) is 0 Å². The van der Waals surface area contributed by atoms with Crippen molar-refractivity contribution in [2.45, 2.75) is 44.6 Å². The topological polar surface area (TPSA) is 38.3 Å². The molecule has 1 fully saturated rings. The van der Waals surface area contributed by atoms with Crippen LogP contribution in [0.1, 0.15) is 36.8 Å². The second kappa shape index (κ2) is 5.11. The molecule has 0 bridgehead atoms. The highest BCUT2D eigenvalue weighted by molar-refractivity contribution is 5.95. The van der Waals surface area contributed by atoms with Gasteiger partial charge in [-0.2, -0.15) is 0 Å². The van der Waals surface area contributed by atoms with Crippen LogP contribution in [0.5, 0.6) is 0 Å². The van der Waals surface area contributed by atoms with E-state index in [9.17, 15) is 4.79 Å². The number of fused-ring (bicyclic) bond motifs is 1. The van der Waals surface area contributed by atoms with Crippen molar-refractivity contribution in [2.24, 2.45) is 0 Å². The number of hydrogen-bond acceptors (Lipinski definition) is 2. The molecule has 1 heterocycles. The molecule has 0 radical (unpaired) electrons. The summed E-state index contributed by atoms with van der Waals surface area (Å²) in [4.78, 5) is 12.1. The number of hydrogen-bond donors (Lipinski definition) is 1. The Balaban J connectivity index is 1.77. The zero-order chi connectivity index (χ0) is 12.4. The SMILES string of the molecule is O=C(Nc1cccc2c1CCCC2)C1CCCO1. The van der Waals surface area contributed by atoms with Crippen LogP contribution in [0.3, 0.4) is 0 Å². The Bertz CT molecular complexity index is 450. The molecular weight excluding hydrogens is 226 g/mol. The maximum Gasteiger partial charge on any atom is 0.253 e. The predicted molar refractivity (Wildman–Crippen MR) is 70.7 cm³/mol. The molecule has 1 amide bonds. The number of carbonyl (C=O) groups excluding carboxylic acids is 1. The molecule has 0 saturated carbocycles. The molecule has 1 saturated heterocycles. The van der Waals surface area contributed by atoms with Crippen molar-refractivity contribution >= 4 is 11.6 Å². The number of amides is 1. The van der Waals surface area contributed by atoms with Crippen LogP contribution in [0.2, 0.25) is 0 Å². The Morgan fingerprint density at radius 1 is 1.22 bits per heavy atom. The number of benzene rings is 1. The van der Waals surface area contributed by atoms with Crippen molar-refractivity contribution in [1.29, 1.82) is 0 Å². The van der Waals surface area contributed by atoms with Gasteiger partial charge in [-0.1, -0.05) is 12.1 Å². The molecule has 1 N–H and O–H groups in total. The van der Waals surface area contributed by atoms with E-state index < -0.39 is 0 Å². The normalized spacial score (nSPS) is 22.6. The lowest BCUT2D eigenvalue weighted by atomic mass is 9.90. The van der Waals surface area contributed by atoms with Gasteiger partial charge in [0.2, 0.25) is 0 Å². The minimum atomic E-state index is -0.246. The van der Waals surface area contributed by atoms with E-state index in [2.05, 4.69) is 11.4 Å². The van der Waals surface area contributed by atoms with Crippen LogP contribution in [0.15, 0.2) is 18.2 Å². The minimum Gasteiger partial charge on any atom is -0.368 e. The summed E-state index contributed by atoms with van der Waals surface area (Å²) < 4.78 is 5.42. The lowest BCUT2D eigenvalue weighted by Crippen LogP contribution is -2.27. The van der Waals surface area contributed by atoms with Crippen LogP contribution in [-0.4, -0.2) is 18.6 Å². The summed E-state index contributed by atoms with van der Waals surface area (Å²) >= 11 is 0. The van der Waals surface area contributed by atoms with Gasteiger partial charge < -0.3 is 10.1 Å². The smallest absolute Gasteiger partial charge is 0.253 e. The van der Waals surface area contributed by atoms with E-state index >= 15 is 0 Å². The first-order valence-electron chi connectivity index (χ1n) is 6.88. The fourth-order valence-electron chi connectivity index (χ4n) is 2.90. The molecule has 0 aromatic heterocycles. The second-order valence-electron chi connectivity index (χ2n) is 5.14. The summed E-state index contributed by atoms with van der Waals surface area (Å²) in [6.45, 7) is 0.713. The average Bonchev–Trinajstić information content (AvgIpc) is 2.93. The first kappa shape index (κ1) is 11.7. The fourth-order valence-corrected chi connectivity index (χ4v) is 2.90. The van der Waals surface area contributed by atoms with Crippen molar-refractivity contribution < 1.29 is 9.53 Å². The molecule has 1 aliphatic carbocycles. The molecule has 3 heteroatoms. The molecular formula is C15H19NO2. The van der Waals surface area contributed by atoms with Gasteiger partial charge in [0, 0.05) is 12.3 Å². The van der Waals surface area contributed by atoms with Gasteiger partial charge in [0.1, 0.15) is 6.10 Å². The summed E-state index contributed by atoms with van der Waals surface area (Å²) in [7, 11) is 0. The summed E-state index contributed by atoms with van der Waals surface area (Å²) in [6, 6.07) is 6.22. The fraction of sp³-hybridized carbons (Fsp3) is 0.533.